The molecule has 0 spiro atoms. The molecule has 2 N–H and O–H groups in total. The quantitative estimate of drug-likeness (QED) is 0.506. The lowest BCUT2D eigenvalue weighted by molar-refractivity contribution is -0.139. The number of hydrogen-bond donors (Lipinski definition) is 2. The minimum absolute atomic E-state index is 0.225. The zero-order valence-electron chi connectivity index (χ0n) is 14.3. The van der Waals surface area contributed by atoms with E-state index in [0.717, 1.165) is 27.8 Å². The maximum Gasteiger partial charge on any atom is 0.327 e. The fraction of sp³-hybridized carbons (Fsp3) is 0.200. The molecule has 0 saturated heterocycles. The van der Waals surface area contributed by atoms with Gasteiger partial charge in [0, 0.05) is 29.1 Å². The Balaban J connectivity index is 2.00. The van der Waals surface area contributed by atoms with Crippen LogP contribution < -0.4 is 10.1 Å². The highest BCUT2D eigenvalue weighted by Crippen LogP contribution is 2.26. The second-order valence-electron chi connectivity index (χ2n) is 5.96. The number of carboxylic acids is 1. The number of fused-ring (bicyclic) bond motifs is 1. The standard InChI is InChI=1S/C20H19N3O3/c1-26-19-9-5-2-6-14(19)11-23-12-15(10-17(20(24)25)22-13-21)16-7-3-4-8-18(16)23/h2-9,12,17,22H,10-11H2,1H3,(H,24,25)/t17-/m0/s1. The lowest BCUT2D eigenvalue weighted by Gasteiger charge is -2.10. The summed E-state index contributed by atoms with van der Waals surface area (Å²) in [4.78, 5) is 11.4. The molecule has 0 bridgehead atoms. The number of methoxy groups -OCH3 is 1. The maximum atomic E-state index is 11.4. The number of rotatable bonds is 7. The third-order valence-electron chi connectivity index (χ3n) is 4.37. The van der Waals surface area contributed by atoms with Crippen molar-refractivity contribution in [3.05, 3.63) is 65.9 Å². The lowest BCUT2D eigenvalue weighted by atomic mass is 10.1. The zero-order valence-corrected chi connectivity index (χ0v) is 14.3. The van der Waals surface area contributed by atoms with Gasteiger partial charge in [0.15, 0.2) is 6.19 Å². The van der Waals surface area contributed by atoms with E-state index in [9.17, 15) is 9.90 Å². The van der Waals surface area contributed by atoms with Gasteiger partial charge in [-0.15, -0.1) is 0 Å². The molecular weight excluding hydrogens is 330 g/mol. The summed E-state index contributed by atoms with van der Waals surface area (Å²) in [6.07, 6.45) is 3.90. The summed E-state index contributed by atoms with van der Waals surface area (Å²) in [5.41, 5.74) is 2.92. The molecule has 0 radical (unpaired) electrons. The molecule has 3 rings (SSSR count). The molecule has 3 aromatic rings. The van der Waals surface area contributed by atoms with E-state index in [-0.39, 0.29) is 6.42 Å². The van der Waals surface area contributed by atoms with Gasteiger partial charge in [-0.2, -0.15) is 5.26 Å². The summed E-state index contributed by atoms with van der Waals surface area (Å²) in [6, 6.07) is 14.7. The van der Waals surface area contributed by atoms with E-state index in [1.54, 1.807) is 13.3 Å². The normalized spacial score (nSPS) is 11.7. The predicted molar refractivity (Wildman–Crippen MR) is 97.9 cm³/mol. The number of aromatic nitrogens is 1. The average molecular weight is 349 g/mol. The molecule has 132 valence electrons. The number of carboxylic acid groups (broad SMARTS) is 1. The Morgan fingerprint density at radius 2 is 1.96 bits per heavy atom. The van der Waals surface area contributed by atoms with Crippen LogP contribution in [0.2, 0.25) is 0 Å². The van der Waals surface area contributed by atoms with Gasteiger partial charge in [0.25, 0.3) is 0 Å². The highest BCUT2D eigenvalue weighted by Gasteiger charge is 2.20. The molecule has 0 amide bonds. The largest absolute Gasteiger partial charge is 0.496 e. The van der Waals surface area contributed by atoms with E-state index in [4.69, 9.17) is 10.00 Å². The van der Waals surface area contributed by atoms with Gasteiger partial charge in [-0.3, -0.25) is 0 Å². The van der Waals surface area contributed by atoms with Crippen molar-refractivity contribution in [3.63, 3.8) is 0 Å². The lowest BCUT2D eigenvalue weighted by Crippen LogP contribution is -2.35. The fourth-order valence-corrected chi connectivity index (χ4v) is 3.13. The molecule has 1 atom stereocenters. The monoisotopic (exact) mass is 349 g/mol. The first kappa shape index (κ1) is 17.4. The van der Waals surface area contributed by atoms with Crippen LogP contribution in [0.5, 0.6) is 5.75 Å². The van der Waals surface area contributed by atoms with E-state index in [1.807, 2.05) is 54.7 Å². The van der Waals surface area contributed by atoms with Crippen molar-refractivity contribution in [2.24, 2.45) is 0 Å². The molecule has 0 aliphatic heterocycles. The number of benzene rings is 2. The summed E-state index contributed by atoms with van der Waals surface area (Å²) in [7, 11) is 1.64. The van der Waals surface area contributed by atoms with Crippen molar-refractivity contribution in [1.29, 1.82) is 5.26 Å². The number of nitrogens with one attached hydrogen (secondary N) is 1. The van der Waals surface area contributed by atoms with Gasteiger partial charge in [0.1, 0.15) is 11.8 Å². The van der Waals surface area contributed by atoms with Crippen LogP contribution in [0.25, 0.3) is 10.9 Å². The number of ether oxygens (including phenoxy) is 1. The Labute approximate surface area is 151 Å². The Kier molecular flexibility index (Phi) is 5.09. The first-order chi connectivity index (χ1) is 12.6. The summed E-state index contributed by atoms with van der Waals surface area (Å²) < 4.78 is 7.50. The highest BCUT2D eigenvalue weighted by molar-refractivity contribution is 5.85. The van der Waals surface area contributed by atoms with Crippen LogP contribution in [0.3, 0.4) is 0 Å². The molecule has 0 aliphatic carbocycles. The van der Waals surface area contributed by atoms with Gasteiger partial charge in [-0.05, 0) is 17.7 Å². The van der Waals surface area contributed by atoms with Crippen molar-refractivity contribution in [2.75, 3.05) is 7.11 Å². The topological polar surface area (TPSA) is 87.3 Å². The van der Waals surface area contributed by atoms with Gasteiger partial charge < -0.3 is 19.7 Å². The molecule has 1 heterocycles. The van der Waals surface area contributed by atoms with Crippen LogP contribution in [0.15, 0.2) is 54.7 Å². The van der Waals surface area contributed by atoms with Gasteiger partial charge in [0.05, 0.1) is 13.7 Å². The summed E-state index contributed by atoms with van der Waals surface area (Å²) in [5.74, 6) is -0.241. The predicted octanol–water partition coefficient (Wildman–Crippen LogP) is 2.76. The van der Waals surface area contributed by atoms with Crippen molar-refractivity contribution >= 4 is 16.9 Å². The zero-order chi connectivity index (χ0) is 18.5. The number of nitriles is 1. The van der Waals surface area contributed by atoms with Gasteiger partial charge in [0.2, 0.25) is 0 Å². The summed E-state index contributed by atoms with van der Waals surface area (Å²) in [6.45, 7) is 0.605. The van der Waals surface area contributed by atoms with Crippen LogP contribution in [0, 0.1) is 11.5 Å². The second kappa shape index (κ2) is 7.62. The van der Waals surface area contributed by atoms with Crippen LogP contribution in [0.1, 0.15) is 11.1 Å². The first-order valence-electron chi connectivity index (χ1n) is 8.20. The fourth-order valence-electron chi connectivity index (χ4n) is 3.13. The van der Waals surface area contributed by atoms with E-state index < -0.39 is 12.0 Å². The molecule has 0 unspecified atom stereocenters. The maximum absolute atomic E-state index is 11.4. The molecule has 6 nitrogen and oxygen atoms in total. The SMILES string of the molecule is COc1ccccc1Cn1cc(C[C@H](NC#N)C(=O)O)c2ccccc21. The third kappa shape index (κ3) is 3.47. The van der Waals surface area contributed by atoms with Crippen molar-refractivity contribution < 1.29 is 14.6 Å². The molecular formula is C20H19N3O3. The van der Waals surface area contributed by atoms with E-state index in [1.165, 1.54) is 0 Å². The number of nitrogens with zero attached hydrogens (tertiary/aromatic N) is 2. The van der Waals surface area contributed by atoms with Gasteiger partial charge in [-0.25, -0.2) is 4.79 Å². The minimum atomic E-state index is -1.05. The number of carbonyl (C=O) groups is 1. The van der Waals surface area contributed by atoms with Crippen molar-refractivity contribution in [3.8, 4) is 11.9 Å². The van der Waals surface area contributed by atoms with Crippen LogP contribution >= 0.6 is 0 Å². The molecule has 0 saturated carbocycles. The third-order valence-corrected chi connectivity index (χ3v) is 4.37. The average Bonchev–Trinajstić information content (AvgIpc) is 2.99. The Hall–Kier alpha value is -3.46. The molecule has 26 heavy (non-hydrogen) atoms. The van der Waals surface area contributed by atoms with Gasteiger partial charge >= 0.3 is 5.97 Å². The van der Waals surface area contributed by atoms with Crippen LogP contribution in [-0.2, 0) is 17.8 Å². The Bertz CT molecular complexity index is 972. The minimum Gasteiger partial charge on any atom is -0.496 e. The van der Waals surface area contributed by atoms with Crippen LogP contribution in [-0.4, -0.2) is 28.8 Å². The molecule has 6 heteroatoms. The van der Waals surface area contributed by atoms with E-state index >= 15 is 0 Å². The molecule has 1 aromatic heterocycles. The number of hydrogen-bond acceptors (Lipinski definition) is 4. The molecule has 0 aliphatic rings. The summed E-state index contributed by atoms with van der Waals surface area (Å²) in [5, 5.41) is 21.4. The molecule has 2 aromatic carbocycles. The number of para-hydroxylation sites is 2. The smallest absolute Gasteiger partial charge is 0.327 e. The van der Waals surface area contributed by atoms with Crippen molar-refractivity contribution in [1.82, 2.24) is 9.88 Å². The van der Waals surface area contributed by atoms with Gasteiger partial charge in [-0.1, -0.05) is 36.4 Å². The van der Waals surface area contributed by atoms with E-state index in [0.29, 0.717) is 6.54 Å². The highest BCUT2D eigenvalue weighted by atomic mass is 16.5. The van der Waals surface area contributed by atoms with Crippen LogP contribution in [0.4, 0.5) is 0 Å². The molecule has 0 fully saturated rings. The first-order valence-corrected chi connectivity index (χ1v) is 8.20. The Morgan fingerprint density at radius 3 is 2.69 bits per heavy atom. The van der Waals surface area contributed by atoms with E-state index in [2.05, 4.69) is 9.88 Å². The van der Waals surface area contributed by atoms with Crippen molar-refractivity contribution in [2.45, 2.75) is 19.0 Å². The second-order valence-corrected chi connectivity index (χ2v) is 5.96. The summed E-state index contributed by atoms with van der Waals surface area (Å²) >= 11 is 0. The Morgan fingerprint density at radius 1 is 1.23 bits per heavy atom. The number of aliphatic carboxylic acids is 1.